The number of hydrogen-bond acceptors (Lipinski definition) is 15. The summed E-state index contributed by atoms with van der Waals surface area (Å²) in [6, 6.07) is 0. The van der Waals surface area contributed by atoms with Gasteiger partial charge in [0.1, 0.15) is 19.3 Å². The summed E-state index contributed by atoms with van der Waals surface area (Å²) in [4.78, 5) is 72.7. The second-order valence-electron chi connectivity index (χ2n) is 28.9. The molecular weight excluding hydrogens is 1260 g/mol. The van der Waals surface area contributed by atoms with Crippen molar-refractivity contribution in [2.45, 2.75) is 414 Å². The van der Waals surface area contributed by atoms with Gasteiger partial charge < -0.3 is 33.8 Å². The Labute approximate surface area is 588 Å². The Morgan fingerprint density at radius 3 is 0.792 bits per heavy atom. The Hall–Kier alpha value is -1.94. The maximum atomic E-state index is 13.1. The Morgan fingerprint density at radius 2 is 0.531 bits per heavy atom. The van der Waals surface area contributed by atoms with Gasteiger partial charge in [0.05, 0.1) is 26.4 Å². The number of phosphoric ester groups is 2. The van der Waals surface area contributed by atoms with Gasteiger partial charge >= 0.3 is 39.5 Å². The lowest BCUT2D eigenvalue weighted by Crippen LogP contribution is -2.30. The van der Waals surface area contributed by atoms with Crippen molar-refractivity contribution in [3.8, 4) is 0 Å². The molecular formula is C77H150O17P2. The van der Waals surface area contributed by atoms with E-state index in [1.54, 1.807) is 0 Å². The number of hydrogen-bond donors (Lipinski definition) is 3. The van der Waals surface area contributed by atoms with Crippen molar-refractivity contribution in [3.63, 3.8) is 0 Å². The minimum Gasteiger partial charge on any atom is -0.462 e. The van der Waals surface area contributed by atoms with Crippen LogP contribution in [0, 0.1) is 17.8 Å². The van der Waals surface area contributed by atoms with Crippen molar-refractivity contribution in [1.29, 1.82) is 0 Å². The molecule has 0 aromatic heterocycles. The summed E-state index contributed by atoms with van der Waals surface area (Å²) in [7, 11) is -9.91. The third kappa shape index (κ3) is 69.2. The summed E-state index contributed by atoms with van der Waals surface area (Å²) in [5, 5.41) is 10.6. The van der Waals surface area contributed by atoms with Crippen molar-refractivity contribution >= 4 is 39.5 Å². The Balaban J connectivity index is 5.17. The summed E-state index contributed by atoms with van der Waals surface area (Å²) in [6.45, 7) is 11.9. The van der Waals surface area contributed by atoms with Crippen LogP contribution in [0.3, 0.4) is 0 Å². The maximum Gasteiger partial charge on any atom is 0.472 e. The first kappa shape index (κ1) is 94.1. The van der Waals surface area contributed by atoms with Crippen molar-refractivity contribution in [3.05, 3.63) is 0 Å². The van der Waals surface area contributed by atoms with Gasteiger partial charge in [-0.15, -0.1) is 0 Å². The van der Waals surface area contributed by atoms with Crippen molar-refractivity contribution in [2.24, 2.45) is 17.8 Å². The van der Waals surface area contributed by atoms with Crippen LogP contribution < -0.4 is 0 Å². The van der Waals surface area contributed by atoms with Gasteiger partial charge in [-0.25, -0.2) is 9.13 Å². The van der Waals surface area contributed by atoms with E-state index < -0.39 is 97.5 Å². The molecule has 0 aliphatic heterocycles. The molecule has 570 valence electrons. The van der Waals surface area contributed by atoms with Gasteiger partial charge in [-0.05, 0) is 43.4 Å². The highest BCUT2D eigenvalue weighted by molar-refractivity contribution is 7.47. The molecule has 3 unspecified atom stereocenters. The first-order valence-corrected chi connectivity index (χ1v) is 42.9. The summed E-state index contributed by atoms with van der Waals surface area (Å²) in [5.41, 5.74) is 0. The first-order valence-electron chi connectivity index (χ1n) is 39.9. The highest BCUT2D eigenvalue weighted by Gasteiger charge is 2.30. The third-order valence-corrected chi connectivity index (χ3v) is 20.1. The summed E-state index contributed by atoms with van der Waals surface area (Å²) < 4.78 is 68.4. The molecule has 0 bridgehead atoms. The molecule has 0 spiro atoms. The van der Waals surface area contributed by atoms with E-state index in [1.807, 2.05) is 0 Å². The molecule has 0 aliphatic rings. The van der Waals surface area contributed by atoms with E-state index >= 15 is 0 Å². The van der Waals surface area contributed by atoms with E-state index in [4.69, 9.17) is 37.0 Å². The number of rotatable bonds is 75. The number of unbranched alkanes of at least 4 members (excludes halogenated alkanes) is 42. The molecule has 0 heterocycles. The predicted molar refractivity (Wildman–Crippen MR) is 391 cm³/mol. The van der Waals surface area contributed by atoms with Crippen LogP contribution in [0.4, 0.5) is 0 Å². The molecule has 0 amide bonds. The minimum absolute atomic E-state index is 0.104. The third-order valence-electron chi connectivity index (χ3n) is 18.2. The Kier molecular flexibility index (Phi) is 66.2. The molecule has 0 rings (SSSR count). The van der Waals surface area contributed by atoms with Crippen LogP contribution in [0.5, 0.6) is 0 Å². The van der Waals surface area contributed by atoms with E-state index in [0.717, 1.165) is 114 Å². The fourth-order valence-corrected chi connectivity index (χ4v) is 13.3. The molecule has 6 atom stereocenters. The Morgan fingerprint density at radius 1 is 0.302 bits per heavy atom. The first-order chi connectivity index (χ1) is 46.3. The molecule has 0 aromatic rings. The second kappa shape index (κ2) is 67.5. The lowest BCUT2D eigenvalue weighted by molar-refractivity contribution is -0.161. The smallest absolute Gasteiger partial charge is 0.462 e. The molecule has 96 heavy (non-hydrogen) atoms. The number of esters is 4. The van der Waals surface area contributed by atoms with Gasteiger partial charge in [0, 0.05) is 25.7 Å². The van der Waals surface area contributed by atoms with E-state index in [-0.39, 0.29) is 25.7 Å². The van der Waals surface area contributed by atoms with Gasteiger partial charge in [-0.3, -0.25) is 37.3 Å². The number of carbonyl (C=O) groups excluding carboxylic acids is 4. The molecule has 0 aromatic carbocycles. The lowest BCUT2D eigenvalue weighted by Gasteiger charge is -2.21. The van der Waals surface area contributed by atoms with Crippen LogP contribution in [-0.2, 0) is 65.4 Å². The highest BCUT2D eigenvalue weighted by Crippen LogP contribution is 2.45. The number of aliphatic hydroxyl groups is 1. The fraction of sp³-hybridized carbons (Fsp3) is 0.948. The summed E-state index contributed by atoms with van der Waals surface area (Å²) >= 11 is 0. The van der Waals surface area contributed by atoms with E-state index in [9.17, 15) is 43.2 Å². The molecule has 0 aliphatic carbocycles. The molecule has 0 radical (unpaired) electrons. The maximum absolute atomic E-state index is 13.1. The van der Waals surface area contributed by atoms with Crippen LogP contribution in [0.1, 0.15) is 395 Å². The number of carbonyl (C=O) groups is 4. The molecule has 19 heteroatoms. The monoisotopic (exact) mass is 1410 g/mol. The lowest BCUT2D eigenvalue weighted by atomic mass is 9.99. The van der Waals surface area contributed by atoms with E-state index in [1.165, 1.54) is 199 Å². The van der Waals surface area contributed by atoms with Crippen molar-refractivity contribution in [1.82, 2.24) is 0 Å². The van der Waals surface area contributed by atoms with E-state index in [0.29, 0.717) is 25.7 Å². The minimum atomic E-state index is -4.96. The van der Waals surface area contributed by atoms with Crippen LogP contribution in [0.25, 0.3) is 0 Å². The van der Waals surface area contributed by atoms with Gasteiger partial charge in [0.15, 0.2) is 12.2 Å². The van der Waals surface area contributed by atoms with Crippen LogP contribution >= 0.6 is 15.6 Å². The van der Waals surface area contributed by atoms with Crippen molar-refractivity contribution < 1.29 is 80.2 Å². The van der Waals surface area contributed by atoms with Crippen LogP contribution in [0.2, 0.25) is 0 Å². The quantitative estimate of drug-likeness (QED) is 0.0222. The SMILES string of the molecule is CCCCCCCCCCC(=O)OC[C@H](COP(=O)(O)OC[C@H](O)COP(=O)(O)OC[C@@H](COC(=O)CCCCCCCCCCCCCCC(C)C)OC(=O)CCCCCCCCCCCCCCCCCCCCC(C)CC)OC(=O)CCCCCCCCCCC(C)C. The highest BCUT2D eigenvalue weighted by atomic mass is 31.2. The van der Waals surface area contributed by atoms with Gasteiger partial charge in [-0.2, -0.15) is 0 Å². The standard InChI is InChI=1S/C77H150O17P2/c1-8-10-11-12-13-37-44-51-58-74(79)87-64-72(94-77(82)61-54-47-40-33-32-35-42-49-56-69(5)6)66-91-95(83,84)89-62-71(78)63-90-96(85,86)92-67-73(65-88-75(80)59-52-45-38-30-26-23-22-24-28-34-41-48-55-68(3)4)93-76(81)60-53-46-39-31-27-21-19-17-15-14-16-18-20-25-29-36-43-50-57-70(7)9-2/h68-73,78H,8-67H2,1-7H3,(H,83,84)(H,85,86)/t70?,71-,72+,73+/m0/s1. The average Bonchev–Trinajstić information content (AvgIpc) is 1.36. The molecule has 0 saturated heterocycles. The Bertz CT molecular complexity index is 1870. The summed E-state index contributed by atoms with van der Waals surface area (Å²) in [5.74, 6) is 0.250. The number of aliphatic hydroxyl groups excluding tert-OH is 1. The van der Waals surface area contributed by atoms with Crippen molar-refractivity contribution in [2.75, 3.05) is 39.6 Å². The number of ether oxygens (including phenoxy) is 4. The predicted octanol–water partition coefficient (Wildman–Crippen LogP) is 22.6. The zero-order chi connectivity index (χ0) is 70.9. The van der Waals surface area contributed by atoms with Gasteiger partial charge in [-0.1, -0.05) is 344 Å². The molecule has 0 saturated carbocycles. The fourth-order valence-electron chi connectivity index (χ4n) is 11.7. The van der Waals surface area contributed by atoms with Crippen LogP contribution in [-0.4, -0.2) is 96.7 Å². The normalized spacial score (nSPS) is 14.3. The average molecular weight is 1410 g/mol. The zero-order valence-electron chi connectivity index (χ0n) is 62.8. The van der Waals surface area contributed by atoms with Crippen LogP contribution in [0.15, 0.2) is 0 Å². The summed E-state index contributed by atoms with van der Waals surface area (Å²) in [6.07, 6.45) is 54.3. The largest absolute Gasteiger partial charge is 0.472 e. The molecule has 3 N–H and O–H groups in total. The topological polar surface area (TPSA) is 237 Å². The molecule has 17 nitrogen and oxygen atoms in total. The second-order valence-corrected chi connectivity index (χ2v) is 31.8. The van der Waals surface area contributed by atoms with Gasteiger partial charge in [0.25, 0.3) is 0 Å². The van der Waals surface area contributed by atoms with Gasteiger partial charge in [0.2, 0.25) is 0 Å². The zero-order valence-corrected chi connectivity index (χ0v) is 64.6. The van der Waals surface area contributed by atoms with E-state index in [2.05, 4.69) is 48.5 Å². The molecule has 0 fully saturated rings. The number of phosphoric acid groups is 2.